The first kappa shape index (κ1) is 9.97. The molecule has 0 bridgehead atoms. The lowest BCUT2D eigenvalue weighted by molar-refractivity contribution is 0.159. The van der Waals surface area contributed by atoms with Gasteiger partial charge in [0.15, 0.2) is 0 Å². The van der Waals surface area contributed by atoms with Crippen LogP contribution in [0.2, 0.25) is 0 Å². The van der Waals surface area contributed by atoms with Crippen LogP contribution >= 0.6 is 15.9 Å². The SMILES string of the molecule is CC1(C)CCC1Nc1cc(Br)ccn1. The van der Waals surface area contributed by atoms with E-state index in [9.17, 15) is 0 Å². The van der Waals surface area contributed by atoms with Gasteiger partial charge in [0.1, 0.15) is 5.82 Å². The molecule has 0 spiro atoms. The Morgan fingerprint density at radius 3 is 2.86 bits per heavy atom. The summed E-state index contributed by atoms with van der Waals surface area (Å²) in [5.41, 5.74) is 0.421. The van der Waals surface area contributed by atoms with Gasteiger partial charge < -0.3 is 5.32 Å². The highest BCUT2D eigenvalue weighted by Gasteiger charge is 2.38. The van der Waals surface area contributed by atoms with Gasteiger partial charge in [0.2, 0.25) is 0 Å². The van der Waals surface area contributed by atoms with Gasteiger partial charge in [0.25, 0.3) is 0 Å². The van der Waals surface area contributed by atoms with Crippen molar-refractivity contribution in [2.75, 3.05) is 5.32 Å². The molecule has 1 N–H and O–H groups in total. The van der Waals surface area contributed by atoms with Crippen LogP contribution in [0.3, 0.4) is 0 Å². The molecular formula is C11H15BrN2. The predicted molar refractivity (Wildman–Crippen MR) is 62.4 cm³/mol. The Morgan fingerprint density at radius 1 is 1.57 bits per heavy atom. The summed E-state index contributed by atoms with van der Waals surface area (Å²) in [6.45, 7) is 4.60. The van der Waals surface area contributed by atoms with E-state index in [0.717, 1.165) is 10.3 Å². The van der Waals surface area contributed by atoms with Crippen molar-refractivity contribution >= 4 is 21.7 Å². The number of halogens is 1. The molecule has 1 aliphatic rings. The summed E-state index contributed by atoms with van der Waals surface area (Å²) in [5, 5.41) is 3.47. The molecule has 1 fully saturated rings. The fourth-order valence-electron chi connectivity index (χ4n) is 1.80. The Kier molecular flexibility index (Phi) is 2.52. The normalized spacial score (nSPS) is 24.1. The molecule has 76 valence electrons. The van der Waals surface area contributed by atoms with Crippen molar-refractivity contribution in [2.24, 2.45) is 5.41 Å². The molecule has 2 rings (SSSR count). The highest BCUT2D eigenvalue weighted by molar-refractivity contribution is 9.10. The minimum absolute atomic E-state index is 0.421. The van der Waals surface area contributed by atoms with Crippen LogP contribution in [0.4, 0.5) is 5.82 Å². The van der Waals surface area contributed by atoms with E-state index in [4.69, 9.17) is 0 Å². The molecule has 1 unspecified atom stereocenters. The second kappa shape index (κ2) is 3.54. The molecule has 1 saturated carbocycles. The van der Waals surface area contributed by atoms with Gasteiger partial charge >= 0.3 is 0 Å². The summed E-state index contributed by atoms with van der Waals surface area (Å²) < 4.78 is 1.08. The van der Waals surface area contributed by atoms with Gasteiger partial charge in [-0.3, -0.25) is 0 Å². The Bertz CT molecular complexity index is 336. The van der Waals surface area contributed by atoms with Crippen LogP contribution in [0.25, 0.3) is 0 Å². The smallest absolute Gasteiger partial charge is 0.127 e. The van der Waals surface area contributed by atoms with Crippen LogP contribution in [-0.2, 0) is 0 Å². The van der Waals surface area contributed by atoms with Crippen LogP contribution in [-0.4, -0.2) is 11.0 Å². The molecule has 1 heterocycles. The maximum atomic E-state index is 4.29. The number of aromatic nitrogens is 1. The molecule has 0 saturated heterocycles. The van der Waals surface area contributed by atoms with Crippen molar-refractivity contribution in [3.8, 4) is 0 Å². The number of rotatable bonds is 2. The summed E-state index contributed by atoms with van der Waals surface area (Å²) >= 11 is 3.44. The third-order valence-corrected chi connectivity index (χ3v) is 3.56. The van der Waals surface area contributed by atoms with Crippen molar-refractivity contribution in [3.05, 3.63) is 22.8 Å². The standard InChI is InChI=1S/C11H15BrN2/c1-11(2)5-3-9(11)14-10-7-8(12)4-6-13-10/h4,6-7,9H,3,5H2,1-2H3,(H,13,14). The third-order valence-electron chi connectivity index (χ3n) is 3.06. The van der Waals surface area contributed by atoms with E-state index in [1.807, 2.05) is 18.3 Å². The summed E-state index contributed by atoms with van der Waals surface area (Å²) in [6, 6.07) is 4.54. The topological polar surface area (TPSA) is 24.9 Å². The van der Waals surface area contributed by atoms with Crippen molar-refractivity contribution in [3.63, 3.8) is 0 Å². The quantitative estimate of drug-likeness (QED) is 0.875. The van der Waals surface area contributed by atoms with Gasteiger partial charge in [0.05, 0.1) is 0 Å². The van der Waals surface area contributed by atoms with Crippen LogP contribution in [0.15, 0.2) is 22.8 Å². The number of nitrogens with one attached hydrogen (secondary N) is 1. The molecule has 0 radical (unpaired) electrons. The van der Waals surface area contributed by atoms with E-state index in [1.54, 1.807) is 0 Å². The first-order chi connectivity index (χ1) is 6.58. The number of anilines is 1. The fraction of sp³-hybridized carbons (Fsp3) is 0.545. The van der Waals surface area contributed by atoms with Gasteiger partial charge in [-0.1, -0.05) is 29.8 Å². The van der Waals surface area contributed by atoms with E-state index in [1.165, 1.54) is 12.8 Å². The molecule has 1 aromatic heterocycles. The van der Waals surface area contributed by atoms with Crippen molar-refractivity contribution in [2.45, 2.75) is 32.7 Å². The first-order valence-electron chi connectivity index (χ1n) is 4.96. The Hall–Kier alpha value is -0.570. The van der Waals surface area contributed by atoms with E-state index in [0.29, 0.717) is 11.5 Å². The van der Waals surface area contributed by atoms with Gasteiger partial charge in [-0.25, -0.2) is 4.98 Å². The number of pyridine rings is 1. The fourth-order valence-corrected chi connectivity index (χ4v) is 2.13. The molecule has 0 aliphatic heterocycles. The molecule has 1 atom stereocenters. The average molecular weight is 255 g/mol. The average Bonchev–Trinajstić information content (AvgIpc) is 2.13. The first-order valence-corrected chi connectivity index (χ1v) is 5.75. The van der Waals surface area contributed by atoms with E-state index < -0.39 is 0 Å². The van der Waals surface area contributed by atoms with Crippen LogP contribution in [0.1, 0.15) is 26.7 Å². The predicted octanol–water partition coefficient (Wildman–Crippen LogP) is 3.44. The lowest BCUT2D eigenvalue weighted by Gasteiger charge is -2.45. The zero-order valence-corrected chi connectivity index (χ0v) is 10.1. The Morgan fingerprint density at radius 2 is 2.36 bits per heavy atom. The molecular weight excluding hydrogens is 240 g/mol. The van der Waals surface area contributed by atoms with Gasteiger partial charge in [-0.2, -0.15) is 0 Å². The zero-order valence-electron chi connectivity index (χ0n) is 8.55. The summed E-state index contributed by atoms with van der Waals surface area (Å²) in [4.78, 5) is 4.29. The Labute approximate surface area is 93.3 Å². The summed E-state index contributed by atoms with van der Waals surface area (Å²) in [6.07, 6.45) is 4.37. The zero-order chi connectivity index (χ0) is 10.2. The molecule has 2 nitrogen and oxygen atoms in total. The lowest BCUT2D eigenvalue weighted by atomic mass is 9.67. The maximum absolute atomic E-state index is 4.29. The number of nitrogens with zero attached hydrogens (tertiary/aromatic N) is 1. The highest BCUT2D eigenvalue weighted by atomic mass is 79.9. The van der Waals surface area contributed by atoms with Crippen LogP contribution in [0.5, 0.6) is 0 Å². The molecule has 14 heavy (non-hydrogen) atoms. The molecule has 1 aromatic rings. The van der Waals surface area contributed by atoms with Crippen molar-refractivity contribution in [1.82, 2.24) is 4.98 Å². The maximum Gasteiger partial charge on any atom is 0.127 e. The van der Waals surface area contributed by atoms with Crippen LogP contribution < -0.4 is 5.32 Å². The number of hydrogen-bond acceptors (Lipinski definition) is 2. The highest BCUT2D eigenvalue weighted by Crippen LogP contribution is 2.41. The molecule has 0 amide bonds. The minimum atomic E-state index is 0.421. The van der Waals surface area contributed by atoms with Gasteiger partial charge in [-0.15, -0.1) is 0 Å². The van der Waals surface area contributed by atoms with E-state index in [-0.39, 0.29) is 0 Å². The monoisotopic (exact) mass is 254 g/mol. The van der Waals surface area contributed by atoms with E-state index in [2.05, 4.69) is 40.1 Å². The molecule has 0 aromatic carbocycles. The second-order valence-electron chi connectivity index (χ2n) is 4.58. The number of hydrogen-bond donors (Lipinski definition) is 1. The molecule has 3 heteroatoms. The van der Waals surface area contributed by atoms with Crippen LogP contribution in [0, 0.1) is 5.41 Å². The molecule has 1 aliphatic carbocycles. The van der Waals surface area contributed by atoms with Gasteiger partial charge in [0, 0.05) is 16.7 Å². The third kappa shape index (κ3) is 1.92. The Balaban J connectivity index is 2.05. The largest absolute Gasteiger partial charge is 0.367 e. The summed E-state index contributed by atoms with van der Waals surface area (Å²) in [7, 11) is 0. The second-order valence-corrected chi connectivity index (χ2v) is 5.50. The van der Waals surface area contributed by atoms with Crippen molar-refractivity contribution < 1.29 is 0 Å². The van der Waals surface area contributed by atoms with E-state index >= 15 is 0 Å². The van der Waals surface area contributed by atoms with Crippen molar-refractivity contribution in [1.29, 1.82) is 0 Å². The van der Waals surface area contributed by atoms with Gasteiger partial charge in [-0.05, 0) is 30.4 Å². The lowest BCUT2D eigenvalue weighted by Crippen LogP contribution is -2.45. The minimum Gasteiger partial charge on any atom is -0.367 e. The summed E-state index contributed by atoms with van der Waals surface area (Å²) in [5.74, 6) is 0.970.